The van der Waals surface area contributed by atoms with E-state index in [1.807, 2.05) is 6.92 Å². The number of carbonyl (C=O) groups excluding carboxylic acids is 1. The zero-order valence-electron chi connectivity index (χ0n) is 10.8. The first-order valence-electron chi connectivity index (χ1n) is 5.72. The lowest BCUT2D eigenvalue weighted by atomic mass is 10.4. The van der Waals surface area contributed by atoms with E-state index in [-0.39, 0.29) is 6.54 Å². The highest BCUT2D eigenvalue weighted by molar-refractivity contribution is 5.84. The number of amides is 1. The van der Waals surface area contributed by atoms with Gasteiger partial charge >= 0.3 is 5.97 Å². The number of hydrogen-bond donors (Lipinski definition) is 3. The van der Waals surface area contributed by atoms with E-state index in [2.05, 4.69) is 20.6 Å². The lowest BCUT2D eigenvalue weighted by Gasteiger charge is -2.08. The molecule has 8 nitrogen and oxygen atoms in total. The van der Waals surface area contributed by atoms with Gasteiger partial charge in [-0.05, 0) is 13.8 Å². The first-order chi connectivity index (χ1) is 9.01. The third-order valence-corrected chi connectivity index (χ3v) is 1.97. The molecule has 0 atom stereocenters. The molecule has 0 aliphatic carbocycles. The van der Waals surface area contributed by atoms with Crippen molar-refractivity contribution in [3.63, 3.8) is 0 Å². The average Bonchev–Trinajstić information content (AvgIpc) is 2.33. The van der Waals surface area contributed by atoms with Crippen molar-refractivity contribution in [3.05, 3.63) is 11.9 Å². The van der Waals surface area contributed by atoms with E-state index in [1.165, 1.54) is 0 Å². The Hall–Kier alpha value is -2.38. The van der Waals surface area contributed by atoms with Crippen LogP contribution in [0.15, 0.2) is 6.07 Å². The summed E-state index contributed by atoms with van der Waals surface area (Å²) in [4.78, 5) is 29.7. The number of carbonyl (C=O) groups is 2. The van der Waals surface area contributed by atoms with Crippen molar-refractivity contribution in [2.45, 2.75) is 13.8 Å². The number of carboxylic acid groups (broad SMARTS) is 1. The van der Waals surface area contributed by atoms with Crippen molar-refractivity contribution in [1.29, 1.82) is 0 Å². The fourth-order valence-corrected chi connectivity index (χ4v) is 1.26. The van der Waals surface area contributed by atoms with E-state index in [0.29, 0.717) is 24.1 Å². The average molecular weight is 268 g/mol. The summed E-state index contributed by atoms with van der Waals surface area (Å²) in [6.07, 6.45) is 0. The molecule has 0 aliphatic rings. The van der Waals surface area contributed by atoms with Crippen molar-refractivity contribution in [2.24, 2.45) is 0 Å². The predicted octanol–water partition coefficient (Wildman–Crippen LogP) is -0.204. The standard InChI is InChI=1S/C11H16N4O4/c1-3-19-10-4-8(14-7(2)15-10)12-5-9(16)13-6-11(17)18/h4H,3,5-6H2,1-2H3,(H,13,16)(H,17,18)(H,12,14,15). The van der Waals surface area contributed by atoms with Crippen LogP contribution in [0.3, 0.4) is 0 Å². The van der Waals surface area contributed by atoms with Crippen LogP contribution in [-0.2, 0) is 9.59 Å². The van der Waals surface area contributed by atoms with Crippen LogP contribution in [0.25, 0.3) is 0 Å². The summed E-state index contributed by atoms with van der Waals surface area (Å²) in [5.41, 5.74) is 0. The Morgan fingerprint density at radius 1 is 1.37 bits per heavy atom. The van der Waals surface area contributed by atoms with Gasteiger partial charge in [0.15, 0.2) is 0 Å². The van der Waals surface area contributed by atoms with Gasteiger partial charge < -0.3 is 20.5 Å². The number of nitrogens with zero attached hydrogens (tertiary/aromatic N) is 2. The van der Waals surface area contributed by atoms with Gasteiger partial charge in [0.05, 0.1) is 13.2 Å². The van der Waals surface area contributed by atoms with Crippen LogP contribution in [0, 0.1) is 6.92 Å². The molecule has 0 fully saturated rings. The van der Waals surface area contributed by atoms with E-state index in [0.717, 1.165) is 0 Å². The summed E-state index contributed by atoms with van der Waals surface area (Å²) in [5.74, 6) is -0.147. The molecule has 0 saturated carbocycles. The number of aromatic nitrogens is 2. The number of rotatable bonds is 7. The van der Waals surface area contributed by atoms with Crippen molar-refractivity contribution >= 4 is 17.7 Å². The van der Waals surface area contributed by atoms with Crippen molar-refractivity contribution in [1.82, 2.24) is 15.3 Å². The number of aryl methyl sites for hydroxylation is 1. The highest BCUT2D eigenvalue weighted by Gasteiger charge is 2.06. The largest absolute Gasteiger partial charge is 0.480 e. The predicted molar refractivity (Wildman–Crippen MR) is 67.1 cm³/mol. The van der Waals surface area contributed by atoms with Gasteiger partial charge in [0.2, 0.25) is 11.8 Å². The second-order valence-corrected chi connectivity index (χ2v) is 3.60. The maximum absolute atomic E-state index is 11.3. The number of ether oxygens (including phenoxy) is 1. The fraction of sp³-hybridized carbons (Fsp3) is 0.455. The molecule has 0 radical (unpaired) electrons. The number of aliphatic carboxylic acids is 1. The molecule has 0 aromatic carbocycles. The van der Waals surface area contributed by atoms with Crippen molar-refractivity contribution in [2.75, 3.05) is 25.0 Å². The summed E-state index contributed by atoms with van der Waals surface area (Å²) >= 11 is 0. The van der Waals surface area contributed by atoms with Gasteiger partial charge in [-0.1, -0.05) is 0 Å². The molecule has 0 saturated heterocycles. The molecule has 1 aromatic rings. The fourth-order valence-electron chi connectivity index (χ4n) is 1.26. The molecule has 1 rings (SSSR count). The first-order valence-corrected chi connectivity index (χ1v) is 5.72. The summed E-state index contributed by atoms with van der Waals surface area (Å²) in [6, 6.07) is 1.57. The minimum atomic E-state index is -1.09. The van der Waals surface area contributed by atoms with Crippen LogP contribution >= 0.6 is 0 Å². The number of nitrogens with one attached hydrogen (secondary N) is 2. The van der Waals surface area contributed by atoms with Gasteiger partial charge in [0.25, 0.3) is 0 Å². The van der Waals surface area contributed by atoms with E-state index in [4.69, 9.17) is 9.84 Å². The molecule has 0 aliphatic heterocycles. The van der Waals surface area contributed by atoms with E-state index in [1.54, 1.807) is 13.0 Å². The van der Waals surface area contributed by atoms with Gasteiger partial charge in [-0.25, -0.2) is 4.98 Å². The number of carboxylic acids is 1. The van der Waals surface area contributed by atoms with Gasteiger partial charge in [-0.3, -0.25) is 9.59 Å². The molecule has 1 heterocycles. The highest BCUT2D eigenvalue weighted by atomic mass is 16.5. The number of hydrogen-bond acceptors (Lipinski definition) is 6. The molecule has 19 heavy (non-hydrogen) atoms. The minimum Gasteiger partial charge on any atom is -0.480 e. The summed E-state index contributed by atoms with van der Waals surface area (Å²) < 4.78 is 5.24. The monoisotopic (exact) mass is 268 g/mol. The Morgan fingerprint density at radius 3 is 2.74 bits per heavy atom. The minimum absolute atomic E-state index is 0.0741. The molecule has 3 N–H and O–H groups in total. The molecule has 104 valence electrons. The maximum atomic E-state index is 11.3. The van der Waals surface area contributed by atoms with Crippen molar-refractivity contribution in [3.8, 4) is 5.88 Å². The molecular formula is C11H16N4O4. The van der Waals surface area contributed by atoms with E-state index < -0.39 is 18.4 Å². The van der Waals surface area contributed by atoms with Gasteiger partial charge in [-0.2, -0.15) is 4.98 Å². The smallest absolute Gasteiger partial charge is 0.322 e. The zero-order valence-corrected chi connectivity index (χ0v) is 10.8. The summed E-state index contributed by atoms with van der Waals surface area (Å²) in [6.45, 7) is 3.54. The molecule has 0 unspecified atom stereocenters. The Morgan fingerprint density at radius 2 is 2.11 bits per heavy atom. The lowest BCUT2D eigenvalue weighted by Crippen LogP contribution is -2.34. The highest BCUT2D eigenvalue weighted by Crippen LogP contribution is 2.12. The summed E-state index contributed by atoms with van der Waals surface area (Å²) in [5, 5.41) is 13.4. The number of anilines is 1. The zero-order chi connectivity index (χ0) is 14.3. The second-order valence-electron chi connectivity index (χ2n) is 3.60. The molecular weight excluding hydrogens is 252 g/mol. The SMILES string of the molecule is CCOc1cc(NCC(=O)NCC(=O)O)nc(C)n1. The molecule has 1 amide bonds. The van der Waals surface area contributed by atoms with Gasteiger partial charge in [0.1, 0.15) is 18.2 Å². The quantitative estimate of drug-likeness (QED) is 0.627. The second kappa shape index (κ2) is 7.14. The first kappa shape index (κ1) is 14.7. The Bertz CT molecular complexity index is 464. The van der Waals surface area contributed by atoms with E-state index in [9.17, 15) is 9.59 Å². The van der Waals surface area contributed by atoms with Crippen LogP contribution in [0.5, 0.6) is 5.88 Å². The van der Waals surface area contributed by atoms with Crippen LogP contribution in [0.2, 0.25) is 0 Å². The van der Waals surface area contributed by atoms with Crippen LogP contribution in [-0.4, -0.2) is 46.6 Å². The summed E-state index contributed by atoms with van der Waals surface area (Å²) in [7, 11) is 0. The van der Waals surface area contributed by atoms with Crippen LogP contribution in [0.4, 0.5) is 5.82 Å². The maximum Gasteiger partial charge on any atom is 0.322 e. The Balaban J connectivity index is 2.52. The van der Waals surface area contributed by atoms with Crippen molar-refractivity contribution < 1.29 is 19.4 Å². The molecule has 0 spiro atoms. The van der Waals surface area contributed by atoms with Gasteiger partial charge in [-0.15, -0.1) is 0 Å². The molecule has 8 heteroatoms. The van der Waals surface area contributed by atoms with Crippen LogP contribution < -0.4 is 15.4 Å². The van der Waals surface area contributed by atoms with E-state index >= 15 is 0 Å². The Kier molecular flexibility index (Phi) is 5.52. The van der Waals surface area contributed by atoms with Gasteiger partial charge in [0, 0.05) is 6.07 Å². The molecule has 1 aromatic heterocycles. The topological polar surface area (TPSA) is 113 Å². The normalized spacial score (nSPS) is 9.79. The van der Waals surface area contributed by atoms with Crippen LogP contribution in [0.1, 0.15) is 12.7 Å². The molecule has 0 bridgehead atoms. The third kappa shape index (κ3) is 5.66. The third-order valence-electron chi connectivity index (χ3n) is 1.97. The lowest BCUT2D eigenvalue weighted by molar-refractivity contribution is -0.137. The Labute approximate surface area is 110 Å².